The third-order valence-corrected chi connectivity index (χ3v) is 8.06. The number of carbonyl (C=O) groups is 2. The van der Waals surface area contributed by atoms with E-state index in [9.17, 15) is 14.9 Å². The molecular weight excluding hydrogens is 504 g/mol. The summed E-state index contributed by atoms with van der Waals surface area (Å²) in [6.07, 6.45) is 6.44. The minimum Gasteiger partial charge on any atom is -0.457 e. The molecule has 0 radical (unpaired) electrons. The zero-order valence-electron chi connectivity index (χ0n) is 22.3. The number of para-hydroxylation sites is 1. The molecule has 3 aromatic rings. The number of aromatic nitrogens is 2. The molecule has 2 aliphatic heterocycles. The number of primary amides is 1. The number of rotatable bonds is 7. The van der Waals surface area contributed by atoms with Crippen molar-refractivity contribution in [1.82, 2.24) is 14.7 Å². The van der Waals surface area contributed by atoms with Crippen LogP contribution in [0.3, 0.4) is 0 Å². The summed E-state index contributed by atoms with van der Waals surface area (Å²) < 4.78 is 7.85. The van der Waals surface area contributed by atoms with Crippen molar-refractivity contribution in [3.8, 4) is 28.8 Å². The standard InChI is InChI=1S/C31H32N6O3/c32-19-23(18-20-6-7-20)31(39)36-16-13-21(14-17-36)26-12-15-34-30-27(29(33)38)28(35-37(26)30)22-8-10-25(11-9-22)40-24-4-2-1-3-5-24/h1-5,8-11,18,20-21,26,34H,6-7,12-17H2,(H2,33,38)/b23-18-/t26-/m0/s1. The van der Waals surface area contributed by atoms with Crippen molar-refractivity contribution in [2.24, 2.45) is 17.6 Å². The molecule has 2 amide bonds. The molecule has 0 unspecified atom stereocenters. The van der Waals surface area contributed by atoms with Gasteiger partial charge in [0.2, 0.25) is 0 Å². The number of anilines is 1. The van der Waals surface area contributed by atoms with E-state index < -0.39 is 5.91 Å². The summed E-state index contributed by atoms with van der Waals surface area (Å²) in [6.45, 7) is 1.92. The summed E-state index contributed by atoms with van der Waals surface area (Å²) in [7, 11) is 0. The van der Waals surface area contributed by atoms with Gasteiger partial charge in [0, 0.05) is 25.2 Å². The van der Waals surface area contributed by atoms with Crippen LogP contribution >= 0.6 is 0 Å². The number of allylic oxidation sites excluding steroid dienone is 1. The van der Waals surface area contributed by atoms with Gasteiger partial charge in [0.1, 0.15) is 40.2 Å². The molecule has 2 aromatic carbocycles. The van der Waals surface area contributed by atoms with Crippen LogP contribution in [0.2, 0.25) is 0 Å². The minimum atomic E-state index is -0.527. The second kappa shape index (κ2) is 10.9. The second-order valence-electron chi connectivity index (χ2n) is 10.8. The number of nitrogens with one attached hydrogen (secondary N) is 1. The molecule has 1 aromatic heterocycles. The van der Waals surface area contributed by atoms with Crippen molar-refractivity contribution in [3.05, 3.63) is 71.8 Å². The van der Waals surface area contributed by atoms with Gasteiger partial charge in [0.05, 0.1) is 6.04 Å². The van der Waals surface area contributed by atoms with E-state index in [1.807, 2.05) is 65.4 Å². The van der Waals surface area contributed by atoms with E-state index in [-0.39, 0.29) is 23.4 Å². The Morgan fingerprint density at radius 2 is 1.70 bits per heavy atom. The van der Waals surface area contributed by atoms with Crippen LogP contribution in [0.25, 0.3) is 11.3 Å². The third kappa shape index (κ3) is 5.17. The van der Waals surface area contributed by atoms with E-state index in [0.29, 0.717) is 48.4 Å². The number of fused-ring (bicyclic) bond motifs is 1. The molecule has 6 rings (SSSR count). The normalized spacial score (nSPS) is 19.3. The van der Waals surface area contributed by atoms with Gasteiger partial charge < -0.3 is 20.7 Å². The van der Waals surface area contributed by atoms with Crippen molar-refractivity contribution in [2.75, 3.05) is 25.0 Å². The Morgan fingerprint density at radius 1 is 1.00 bits per heavy atom. The summed E-state index contributed by atoms with van der Waals surface area (Å²) in [4.78, 5) is 27.4. The highest BCUT2D eigenvalue weighted by molar-refractivity contribution is 6.04. The number of benzene rings is 2. The molecule has 2 fully saturated rings. The summed E-state index contributed by atoms with van der Waals surface area (Å²) in [5.74, 6) is 2.07. The largest absolute Gasteiger partial charge is 0.457 e. The second-order valence-corrected chi connectivity index (χ2v) is 10.8. The average molecular weight is 537 g/mol. The van der Waals surface area contributed by atoms with E-state index >= 15 is 0 Å². The Morgan fingerprint density at radius 3 is 2.35 bits per heavy atom. The van der Waals surface area contributed by atoms with Gasteiger partial charge in [-0.2, -0.15) is 10.4 Å². The molecule has 3 heterocycles. The monoisotopic (exact) mass is 536 g/mol. The number of hydrogen-bond donors (Lipinski definition) is 2. The van der Waals surface area contributed by atoms with Crippen molar-refractivity contribution in [2.45, 2.75) is 38.1 Å². The lowest BCUT2D eigenvalue weighted by Crippen LogP contribution is -2.42. The molecule has 3 N–H and O–H groups in total. The third-order valence-electron chi connectivity index (χ3n) is 8.06. The lowest BCUT2D eigenvalue weighted by atomic mass is 9.86. The number of amides is 2. The zero-order valence-corrected chi connectivity index (χ0v) is 22.3. The first-order valence-electron chi connectivity index (χ1n) is 13.9. The Bertz CT molecular complexity index is 1480. The van der Waals surface area contributed by atoms with Crippen molar-refractivity contribution >= 4 is 17.6 Å². The van der Waals surface area contributed by atoms with Crippen LogP contribution in [0.4, 0.5) is 5.82 Å². The lowest BCUT2D eigenvalue weighted by Gasteiger charge is -2.38. The van der Waals surface area contributed by atoms with Crippen molar-refractivity contribution in [3.63, 3.8) is 0 Å². The quantitative estimate of drug-likeness (QED) is 0.327. The average Bonchev–Trinajstić information content (AvgIpc) is 3.72. The smallest absolute Gasteiger partial charge is 0.264 e. The van der Waals surface area contributed by atoms with Crippen LogP contribution < -0.4 is 15.8 Å². The van der Waals surface area contributed by atoms with Gasteiger partial charge in [-0.05, 0) is 80.3 Å². The maximum Gasteiger partial charge on any atom is 0.264 e. The number of ether oxygens (including phenoxy) is 1. The highest BCUT2D eigenvalue weighted by atomic mass is 16.5. The van der Waals surface area contributed by atoms with Crippen molar-refractivity contribution in [1.29, 1.82) is 5.26 Å². The molecule has 0 spiro atoms. The van der Waals surface area contributed by atoms with Crippen LogP contribution in [0.5, 0.6) is 11.5 Å². The first-order valence-corrected chi connectivity index (χ1v) is 13.9. The first-order chi connectivity index (χ1) is 19.5. The molecule has 9 heteroatoms. The number of carbonyl (C=O) groups excluding carboxylic acids is 2. The Labute approximate surface area is 233 Å². The fourth-order valence-corrected chi connectivity index (χ4v) is 5.79. The SMILES string of the molecule is N#C/C(=C/C1CC1)C(=O)N1CCC([C@@H]2CCNc3c(C(N)=O)c(-c4ccc(Oc5ccccc5)cc4)nn32)CC1. The predicted octanol–water partition coefficient (Wildman–Crippen LogP) is 4.90. The minimum absolute atomic E-state index is 0.0819. The van der Waals surface area contributed by atoms with Gasteiger partial charge in [0.25, 0.3) is 11.8 Å². The van der Waals surface area contributed by atoms with Gasteiger partial charge in [-0.1, -0.05) is 24.3 Å². The van der Waals surface area contributed by atoms with Crippen molar-refractivity contribution < 1.29 is 14.3 Å². The maximum atomic E-state index is 12.9. The van der Waals surface area contributed by atoms with Crippen LogP contribution in [-0.2, 0) is 4.79 Å². The number of likely N-dealkylation sites (tertiary alicyclic amines) is 1. The van der Waals surface area contributed by atoms with E-state index in [4.69, 9.17) is 15.6 Å². The fourth-order valence-electron chi connectivity index (χ4n) is 5.79. The van der Waals surface area contributed by atoms with Gasteiger partial charge >= 0.3 is 0 Å². The predicted molar refractivity (Wildman–Crippen MR) is 151 cm³/mol. The van der Waals surface area contributed by atoms with Crippen LogP contribution in [0.1, 0.15) is 48.5 Å². The van der Waals surface area contributed by atoms with Crippen LogP contribution in [-0.4, -0.2) is 46.1 Å². The summed E-state index contributed by atoms with van der Waals surface area (Å²) in [5.41, 5.74) is 7.86. The molecule has 1 saturated carbocycles. The molecule has 1 aliphatic carbocycles. The molecule has 1 atom stereocenters. The highest BCUT2D eigenvalue weighted by Crippen LogP contribution is 2.40. The van der Waals surface area contributed by atoms with Gasteiger partial charge in [0.15, 0.2) is 0 Å². The first kappa shape index (κ1) is 25.7. The van der Waals surface area contributed by atoms with Gasteiger partial charge in [-0.15, -0.1) is 0 Å². The Hall–Kier alpha value is -4.58. The topological polar surface area (TPSA) is 126 Å². The number of hydrogen-bond acceptors (Lipinski definition) is 6. The summed E-state index contributed by atoms with van der Waals surface area (Å²) in [5, 5.41) is 17.8. The molecule has 1 saturated heterocycles. The van der Waals surface area contributed by atoms with E-state index in [2.05, 4.69) is 11.4 Å². The maximum absolute atomic E-state index is 12.9. The Kier molecular flexibility index (Phi) is 6.99. The van der Waals surface area contributed by atoms with E-state index in [1.54, 1.807) is 4.90 Å². The molecule has 0 bridgehead atoms. The van der Waals surface area contributed by atoms with Crippen LogP contribution in [0.15, 0.2) is 66.2 Å². The molecular formula is C31H32N6O3. The van der Waals surface area contributed by atoms with E-state index in [1.165, 1.54) is 0 Å². The van der Waals surface area contributed by atoms with E-state index in [0.717, 1.165) is 43.4 Å². The van der Waals surface area contributed by atoms with Gasteiger partial charge in [-0.3, -0.25) is 9.59 Å². The molecule has 40 heavy (non-hydrogen) atoms. The zero-order chi connectivity index (χ0) is 27.6. The molecule has 3 aliphatic rings. The number of piperidine rings is 1. The number of nitrogens with two attached hydrogens (primary N) is 1. The Balaban J connectivity index is 1.20. The van der Waals surface area contributed by atoms with Crippen LogP contribution in [0, 0.1) is 23.2 Å². The highest BCUT2D eigenvalue weighted by Gasteiger charge is 2.36. The molecule has 204 valence electrons. The summed E-state index contributed by atoms with van der Waals surface area (Å²) >= 11 is 0. The summed E-state index contributed by atoms with van der Waals surface area (Å²) in [6, 6.07) is 19.2. The number of nitriles is 1. The van der Waals surface area contributed by atoms with Gasteiger partial charge in [-0.25, -0.2) is 4.68 Å². The molecule has 9 nitrogen and oxygen atoms in total. The lowest BCUT2D eigenvalue weighted by molar-refractivity contribution is -0.128. The number of nitrogens with zero attached hydrogens (tertiary/aromatic N) is 4. The fraction of sp³-hybridized carbons (Fsp3) is 0.355.